The van der Waals surface area contributed by atoms with E-state index < -0.39 is 5.91 Å². The van der Waals surface area contributed by atoms with Crippen LogP contribution in [0.15, 0.2) is 12.4 Å². The summed E-state index contributed by atoms with van der Waals surface area (Å²) in [4.78, 5) is 18.1. The van der Waals surface area contributed by atoms with Gasteiger partial charge in [0.1, 0.15) is 5.82 Å². The van der Waals surface area contributed by atoms with Gasteiger partial charge in [0.2, 0.25) is 0 Å². The number of alkyl halides is 1. The van der Waals surface area contributed by atoms with Gasteiger partial charge in [-0.1, -0.05) is 0 Å². The zero-order chi connectivity index (χ0) is 8.27. The second kappa shape index (κ2) is 3.30. The lowest BCUT2D eigenvalue weighted by molar-refractivity contribution is 0.0999. The highest BCUT2D eigenvalue weighted by atomic mass is 35.5. The standard InChI is InChI=1S/C6H6ClN3O/c7-1-5-9-2-4(3-10-5)6(8)11/h2-3H,1H2,(H2,8,11). The summed E-state index contributed by atoms with van der Waals surface area (Å²) in [6.45, 7) is 0. The van der Waals surface area contributed by atoms with E-state index in [-0.39, 0.29) is 5.88 Å². The zero-order valence-electron chi connectivity index (χ0n) is 5.62. The summed E-state index contributed by atoms with van der Waals surface area (Å²) in [7, 11) is 0. The summed E-state index contributed by atoms with van der Waals surface area (Å²) in [5, 5.41) is 0. The lowest BCUT2D eigenvalue weighted by atomic mass is 10.3. The zero-order valence-corrected chi connectivity index (χ0v) is 6.38. The van der Waals surface area contributed by atoms with Gasteiger partial charge in [-0.05, 0) is 0 Å². The predicted octanol–water partition coefficient (Wildman–Crippen LogP) is 0.314. The molecule has 1 heterocycles. The van der Waals surface area contributed by atoms with E-state index in [1.807, 2.05) is 0 Å². The lowest BCUT2D eigenvalue weighted by Crippen LogP contribution is -2.12. The van der Waals surface area contributed by atoms with E-state index in [1.165, 1.54) is 12.4 Å². The molecule has 1 rings (SSSR count). The molecule has 0 saturated carbocycles. The van der Waals surface area contributed by atoms with Crippen LogP contribution >= 0.6 is 11.6 Å². The Bertz CT molecular complexity index is 259. The van der Waals surface area contributed by atoms with Crippen molar-refractivity contribution in [2.75, 3.05) is 0 Å². The number of primary amides is 1. The first-order valence-electron chi connectivity index (χ1n) is 2.90. The molecule has 0 unspecified atom stereocenters. The Morgan fingerprint density at radius 2 is 2.09 bits per heavy atom. The van der Waals surface area contributed by atoms with Crippen molar-refractivity contribution in [3.05, 3.63) is 23.8 Å². The summed E-state index contributed by atoms with van der Waals surface area (Å²) < 4.78 is 0. The Labute approximate surface area is 68.4 Å². The van der Waals surface area contributed by atoms with Crippen LogP contribution in [0.5, 0.6) is 0 Å². The molecule has 5 heteroatoms. The fourth-order valence-corrected chi connectivity index (χ4v) is 0.689. The van der Waals surface area contributed by atoms with Crippen molar-refractivity contribution in [3.63, 3.8) is 0 Å². The summed E-state index contributed by atoms with van der Waals surface area (Å²) >= 11 is 5.42. The normalized spacial score (nSPS) is 9.55. The number of halogens is 1. The van der Waals surface area contributed by atoms with Gasteiger partial charge in [-0.3, -0.25) is 4.79 Å². The van der Waals surface area contributed by atoms with E-state index in [0.717, 1.165) is 0 Å². The van der Waals surface area contributed by atoms with Crippen LogP contribution in [0, 0.1) is 0 Å². The molecule has 0 spiro atoms. The second-order valence-electron chi connectivity index (χ2n) is 1.89. The van der Waals surface area contributed by atoms with Crippen LogP contribution in [-0.4, -0.2) is 15.9 Å². The monoisotopic (exact) mass is 171 g/mol. The SMILES string of the molecule is NC(=O)c1cnc(CCl)nc1. The minimum absolute atomic E-state index is 0.235. The number of hydrogen-bond donors (Lipinski definition) is 1. The molecule has 0 saturated heterocycles. The molecule has 0 aliphatic carbocycles. The fraction of sp³-hybridized carbons (Fsp3) is 0.167. The predicted molar refractivity (Wildman–Crippen MR) is 40.1 cm³/mol. The first-order valence-corrected chi connectivity index (χ1v) is 3.44. The maximum Gasteiger partial charge on any atom is 0.251 e. The van der Waals surface area contributed by atoms with Crippen molar-refractivity contribution in [1.82, 2.24) is 9.97 Å². The van der Waals surface area contributed by atoms with Crippen LogP contribution in [0.25, 0.3) is 0 Å². The number of nitrogens with zero attached hydrogens (tertiary/aromatic N) is 2. The molecule has 1 aromatic heterocycles. The van der Waals surface area contributed by atoms with Crippen LogP contribution in [0.2, 0.25) is 0 Å². The summed E-state index contributed by atoms with van der Waals surface area (Å²) in [6.07, 6.45) is 2.71. The van der Waals surface area contributed by atoms with Gasteiger partial charge in [0, 0.05) is 12.4 Å². The minimum Gasteiger partial charge on any atom is -0.366 e. The smallest absolute Gasteiger partial charge is 0.251 e. The van der Waals surface area contributed by atoms with Gasteiger partial charge in [0.15, 0.2) is 0 Å². The van der Waals surface area contributed by atoms with Crippen molar-refractivity contribution in [1.29, 1.82) is 0 Å². The topological polar surface area (TPSA) is 68.9 Å². The molecule has 4 nitrogen and oxygen atoms in total. The quantitative estimate of drug-likeness (QED) is 0.652. The van der Waals surface area contributed by atoms with Crippen molar-refractivity contribution in [3.8, 4) is 0 Å². The lowest BCUT2D eigenvalue weighted by Gasteiger charge is -1.94. The molecule has 58 valence electrons. The number of carbonyl (C=O) groups excluding carboxylic acids is 1. The molecule has 0 bridgehead atoms. The van der Waals surface area contributed by atoms with Gasteiger partial charge in [-0.25, -0.2) is 9.97 Å². The van der Waals surface area contributed by atoms with Crippen molar-refractivity contribution in [2.24, 2.45) is 5.73 Å². The van der Waals surface area contributed by atoms with Gasteiger partial charge in [0.05, 0.1) is 11.4 Å². The maximum atomic E-state index is 10.5. The first-order chi connectivity index (χ1) is 5.24. The van der Waals surface area contributed by atoms with E-state index in [1.54, 1.807) is 0 Å². The Kier molecular flexibility index (Phi) is 2.38. The summed E-state index contributed by atoms with van der Waals surface area (Å²) in [5.74, 6) is 0.182. The van der Waals surface area contributed by atoms with E-state index in [2.05, 4.69) is 9.97 Å². The Morgan fingerprint density at radius 1 is 1.55 bits per heavy atom. The molecule has 1 amide bonds. The molecule has 0 atom stereocenters. The van der Waals surface area contributed by atoms with Crippen LogP contribution < -0.4 is 5.73 Å². The van der Waals surface area contributed by atoms with Crippen molar-refractivity contribution >= 4 is 17.5 Å². The van der Waals surface area contributed by atoms with Gasteiger partial charge >= 0.3 is 0 Å². The Morgan fingerprint density at radius 3 is 2.45 bits per heavy atom. The number of carbonyl (C=O) groups is 1. The Balaban J connectivity index is 2.91. The number of hydrogen-bond acceptors (Lipinski definition) is 3. The fourth-order valence-electron chi connectivity index (χ4n) is 0.551. The molecule has 0 radical (unpaired) electrons. The maximum absolute atomic E-state index is 10.5. The van der Waals surface area contributed by atoms with Crippen LogP contribution in [0.3, 0.4) is 0 Å². The molecule has 0 fully saturated rings. The Hall–Kier alpha value is -1.16. The number of aromatic nitrogens is 2. The molecule has 11 heavy (non-hydrogen) atoms. The average Bonchev–Trinajstić information content (AvgIpc) is 2.05. The molecular formula is C6H6ClN3O. The molecular weight excluding hydrogens is 166 g/mol. The number of amides is 1. The van der Waals surface area contributed by atoms with Gasteiger partial charge < -0.3 is 5.73 Å². The molecule has 0 aliphatic heterocycles. The van der Waals surface area contributed by atoms with Gasteiger partial charge in [-0.2, -0.15) is 0 Å². The third-order valence-electron chi connectivity index (χ3n) is 1.11. The van der Waals surface area contributed by atoms with E-state index in [4.69, 9.17) is 17.3 Å². The van der Waals surface area contributed by atoms with Crippen molar-refractivity contribution < 1.29 is 4.79 Å². The number of rotatable bonds is 2. The highest BCUT2D eigenvalue weighted by Gasteiger charge is 2.00. The molecule has 0 aliphatic rings. The minimum atomic E-state index is -0.536. The van der Waals surface area contributed by atoms with Crippen LogP contribution in [0.4, 0.5) is 0 Å². The largest absolute Gasteiger partial charge is 0.366 e. The van der Waals surface area contributed by atoms with Gasteiger partial charge in [0.25, 0.3) is 5.91 Å². The van der Waals surface area contributed by atoms with E-state index in [9.17, 15) is 4.79 Å². The van der Waals surface area contributed by atoms with Crippen LogP contribution in [-0.2, 0) is 5.88 Å². The molecule has 1 aromatic rings. The average molecular weight is 172 g/mol. The molecule has 0 aromatic carbocycles. The van der Waals surface area contributed by atoms with Crippen LogP contribution in [0.1, 0.15) is 16.2 Å². The third kappa shape index (κ3) is 1.88. The highest BCUT2D eigenvalue weighted by Crippen LogP contribution is 1.97. The second-order valence-corrected chi connectivity index (χ2v) is 2.15. The van der Waals surface area contributed by atoms with E-state index >= 15 is 0 Å². The third-order valence-corrected chi connectivity index (χ3v) is 1.35. The summed E-state index contributed by atoms with van der Waals surface area (Å²) in [6, 6.07) is 0. The van der Waals surface area contributed by atoms with Gasteiger partial charge in [-0.15, -0.1) is 11.6 Å². The highest BCUT2D eigenvalue weighted by molar-refractivity contribution is 6.16. The van der Waals surface area contributed by atoms with Crippen molar-refractivity contribution in [2.45, 2.75) is 5.88 Å². The number of nitrogens with two attached hydrogens (primary N) is 1. The first kappa shape index (κ1) is 7.94. The molecule has 2 N–H and O–H groups in total. The van der Waals surface area contributed by atoms with E-state index in [0.29, 0.717) is 11.4 Å². The summed E-state index contributed by atoms with van der Waals surface area (Å²) in [5.41, 5.74) is 5.24.